The van der Waals surface area contributed by atoms with E-state index in [2.05, 4.69) is 20.8 Å². The fraction of sp³-hybridized carbons (Fsp3) is 1.00. The molecular formula is C8H16OS. The van der Waals surface area contributed by atoms with Gasteiger partial charge in [0.1, 0.15) is 5.44 Å². The van der Waals surface area contributed by atoms with Crippen molar-refractivity contribution in [3.8, 4) is 0 Å². The molecule has 2 heteroatoms. The summed E-state index contributed by atoms with van der Waals surface area (Å²) < 4.78 is 5.61. The molecule has 0 N–H and O–H groups in total. The maximum Gasteiger partial charge on any atom is 0.108 e. The van der Waals surface area contributed by atoms with E-state index >= 15 is 0 Å². The maximum absolute atomic E-state index is 5.61. The van der Waals surface area contributed by atoms with E-state index in [1.54, 1.807) is 0 Å². The first-order valence-corrected chi connectivity index (χ1v) is 4.89. The van der Waals surface area contributed by atoms with Crippen LogP contribution in [0.1, 0.15) is 27.2 Å². The Morgan fingerprint density at radius 2 is 2.10 bits per heavy atom. The number of rotatable bonds is 0. The third kappa shape index (κ3) is 2.17. The highest BCUT2D eigenvalue weighted by molar-refractivity contribution is 7.99. The van der Waals surface area contributed by atoms with Gasteiger partial charge in [0.2, 0.25) is 0 Å². The topological polar surface area (TPSA) is 9.23 Å². The molecule has 1 heterocycles. The maximum atomic E-state index is 5.61. The lowest BCUT2D eigenvalue weighted by Gasteiger charge is -2.32. The van der Waals surface area contributed by atoms with E-state index in [0.29, 0.717) is 10.9 Å². The van der Waals surface area contributed by atoms with Gasteiger partial charge < -0.3 is 4.74 Å². The molecule has 0 aromatic rings. The van der Waals surface area contributed by atoms with Crippen LogP contribution in [0.4, 0.5) is 0 Å². The quantitative estimate of drug-likeness (QED) is 0.538. The van der Waals surface area contributed by atoms with Gasteiger partial charge in [-0.3, -0.25) is 0 Å². The second-order valence-electron chi connectivity index (χ2n) is 3.79. The average molecular weight is 160 g/mol. The van der Waals surface area contributed by atoms with E-state index < -0.39 is 0 Å². The van der Waals surface area contributed by atoms with E-state index in [0.717, 1.165) is 6.61 Å². The van der Waals surface area contributed by atoms with E-state index in [9.17, 15) is 0 Å². The monoisotopic (exact) mass is 160 g/mol. The Hall–Kier alpha value is 0.310. The predicted octanol–water partition coefficient (Wildman–Crippen LogP) is 2.51. The molecular weight excluding hydrogens is 144 g/mol. The van der Waals surface area contributed by atoms with Crippen molar-refractivity contribution in [2.75, 3.05) is 12.4 Å². The molecule has 1 atom stereocenters. The van der Waals surface area contributed by atoms with Gasteiger partial charge in [0, 0.05) is 6.61 Å². The summed E-state index contributed by atoms with van der Waals surface area (Å²) in [5, 5.41) is 0. The van der Waals surface area contributed by atoms with Gasteiger partial charge >= 0.3 is 0 Å². The van der Waals surface area contributed by atoms with Gasteiger partial charge in [-0.15, -0.1) is 11.8 Å². The van der Waals surface area contributed by atoms with Crippen molar-refractivity contribution in [2.24, 2.45) is 5.41 Å². The third-order valence-electron chi connectivity index (χ3n) is 1.53. The highest BCUT2D eigenvalue weighted by Gasteiger charge is 2.27. The molecule has 1 unspecified atom stereocenters. The summed E-state index contributed by atoms with van der Waals surface area (Å²) in [6.07, 6.45) is 1.22. The molecule has 1 aliphatic rings. The molecule has 0 spiro atoms. The predicted molar refractivity (Wildman–Crippen MR) is 46.3 cm³/mol. The van der Waals surface area contributed by atoms with Gasteiger partial charge in [0.25, 0.3) is 0 Å². The lowest BCUT2D eigenvalue weighted by molar-refractivity contribution is 0.0384. The number of thioether (sulfide) groups is 1. The number of hydrogen-bond acceptors (Lipinski definition) is 2. The van der Waals surface area contributed by atoms with Crippen LogP contribution in [0.3, 0.4) is 0 Å². The molecule has 1 nitrogen and oxygen atoms in total. The van der Waals surface area contributed by atoms with Gasteiger partial charge in [-0.1, -0.05) is 20.8 Å². The Morgan fingerprint density at radius 3 is 2.40 bits per heavy atom. The summed E-state index contributed by atoms with van der Waals surface area (Å²) in [6, 6.07) is 0. The largest absolute Gasteiger partial charge is 0.367 e. The standard InChI is InChI=1S/C8H16OS/c1-8(2,3)7-9-5-4-6-10-7/h7H,4-6H2,1-3H3. The fourth-order valence-corrected chi connectivity index (χ4v) is 2.18. The second kappa shape index (κ2) is 3.14. The Balaban J connectivity index is 2.39. The minimum atomic E-state index is 0.311. The first-order valence-electron chi connectivity index (χ1n) is 3.84. The smallest absolute Gasteiger partial charge is 0.108 e. The molecule has 10 heavy (non-hydrogen) atoms. The van der Waals surface area contributed by atoms with Gasteiger partial charge in [-0.2, -0.15) is 0 Å². The molecule has 1 saturated heterocycles. The second-order valence-corrected chi connectivity index (χ2v) is 4.96. The van der Waals surface area contributed by atoms with E-state index in [1.165, 1.54) is 12.2 Å². The van der Waals surface area contributed by atoms with Crippen molar-refractivity contribution >= 4 is 11.8 Å². The van der Waals surface area contributed by atoms with Crippen molar-refractivity contribution < 1.29 is 4.74 Å². The lowest BCUT2D eigenvalue weighted by atomic mass is 9.98. The van der Waals surface area contributed by atoms with Crippen molar-refractivity contribution in [1.29, 1.82) is 0 Å². The normalized spacial score (nSPS) is 28.5. The van der Waals surface area contributed by atoms with Crippen molar-refractivity contribution in [1.82, 2.24) is 0 Å². The van der Waals surface area contributed by atoms with Gasteiger partial charge in [-0.25, -0.2) is 0 Å². The summed E-state index contributed by atoms with van der Waals surface area (Å²) in [5.41, 5.74) is 0.728. The molecule has 1 fully saturated rings. The van der Waals surface area contributed by atoms with Crippen molar-refractivity contribution in [2.45, 2.75) is 32.6 Å². The zero-order valence-electron chi connectivity index (χ0n) is 7.02. The van der Waals surface area contributed by atoms with Crippen LogP contribution in [0.2, 0.25) is 0 Å². The van der Waals surface area contributed by atoms with Gasteiger partial charge in [-0.05, 0) is 17.6 Å². The third-order valence-corrected chi connectivity index (χ3v) is 3.20. The molecule has 1 rings (SSSR count). The molecule has 0 radical (unpaired) electrons. The van der Waals surface area contributed by atoms with Crippen LogP contribution in [-0.4, -0.2) is 17.8 Å². The minimum absolute atomic E-state index is 0.311. The Bertz CT molecular complexity index is 100. The first-order chi connectivity index (χ1) is 4.61. The molecule has 0 aliphatic carbocycles. The van der Waals surface area contributed by atoms with Crippen molar-refractivity contribution in [3.05, 3.63) is 0 Å². The fourth-order valence-electron chi connectivity index (χ4n) is 0.988. The van der Waals surface area contributed by atoms with Crippen LogP contribution in [0.15, 0.2) is 0 Å². The summed E-state index contributed by atoms with van der Waals surface area (Å²) in [4.78, 5) is 0. The lowest BCUT2D eigenvalue weighted by Crippen LogP contribution is -2.29. The molecule has 60 valence electrons. The minimum Gasteiger partial charge on any atom is -0.367 e. The highest BCUT2D eigenvalue weighted by Crippen LogP contribution is 2.33. The highest BCUT2D eigenvalue weighted by atomic mass is 32.2. The van der Waals surface area contributed by atoms with Gasteiger partial charge in [0.05, 0.1) is 0 Å². The van der Waals surface area contributed by atoms with E-state index in [1.807, 2.05) is 11.8 Å². The van der Waals surface area contributed by atoms with Crippen LogP contribution in [0.5, 0.6) is 0 Å². The molecule has 0 aromatic heterocycles. The van der Waals surface area contributed by atoms with E-state index in [-0.39, 0.29) is 0 Å². The first kappa shape index (κ1) is 8.41. The Morgan fingerprint density at radius 1 is 1.40 bits per heavy atom. The van der Waals surface area contributed by atoms with E-state index in [4.69, 9.17) is 4.74 Å². The van der Waals surface area contributed by atoms with Crippen LogP contribution < -0.4 is 0 Å². The molecule has 0 aromatic carbocycles. The molecule has 1 aliphatic heterocycles. The molecule has 0 bridgehead atoms. The zero-order valence-corrected chi connectivity index (χ0v) is 7.83. The summed E-state index contributed by atoms with van der Waals surface area (Å²) in [5.74, 6) is 1.27. The van der Waals surface area contributed by atoms with Crippen LogP contribution in [0, 0.1) is 5.41 Å². The number of ether oxygens (including phenoxy) is 1. The van der Waals surface area contributed by atoms with Crippen molar-refractivity contribution in [3.63, 3.8) is 0 Å². The summed E-state index contributed by atoms with van der Waals surface area (Å²) >= 11 is 1.95. The molecule has 0 amide bonds. The van der Waals surface area contributed by atoms with Gasteiger partial charge in [0.15, 0.2) is 0 Å². The SMILES string of the molecule is CC(C)(C)C1OCCCS1. The summed E-state index contributed by atoms with van der Waals surface area (Å²) in [7, 11) is 0. The Kier molecular flexibility index (Phi) is 2.64. The zero-order chi connectivity index (χ0) is 7.61. The number of hydrogen-bond donors (Lipinski definition) is 0. The van der Waals surface area contributed by atoms with Crippen LogP contribution in [-0.2, 0) is 4.74 Å². The van der Waals surface area contributed by atoms with Crippen LogP contribution >= 0.6 is 11.8 Å². The summed E-state index contributed by atoms with van der Waals surface area (Å²) in [6.45, 7) is 7.65. The Labute approximate surface area is 67.5 Å². The average Bonchev–Trinajstić information content (AvgIpc) is 1.88. The van der Waals surface area contributed by atoms with Crippen LogP contribution in [0.25, 0.3) is 0 Å². The molecule has 0 saturated carbocycles.